The molecule has 0 spiro atoms. The van der Waals surface area contributed by atoms with E-state index in [1.54, 1.807) is 13.2 Å². The van der Waals surface area contributed by atoms with Crippen LogP contribution < -0.4 is 4.87 Å². The van der Waals surface area contributed by atoms with Crippen molar-refractivity contribution >= 4 is 11.3 Å². The second kappa shape index (κ2) is 3.09. The molecule has 2 aromatic rings. The minimum absolute atomic E-state index is 0.0781. The molecule has 2 aromatic heterocycles. The molecule has 0 saturated carbocycles. The Morgan fingerprint density at radius 2 is 2.38 bits per heavy atom. The third-order valence-electron chi connectivity index (χ3n) is 1.51. The lowest BCUT2D eigenvalue weighted by Gasteiger charge is -1.92. The highest BCUT2D eigenvalue weighted by atomic mass is 32.1. The normalized spacial score (nSPS) is 10.5. The number of hydrogen-bond donors (Lipinski definition) is 0. The zero-order chi connectivity index (χ0) is 9.26. The standard InChI is InChI=1S/C6H7N5OS/c1-10-7-2-5(9-10)3-11-6(12)13-4-8-11/h2,4H,3H2,1H3. The van der Waals surface area contributed by atoms with Gasteiger partial charge in [-0.1, -0.05) is 11.3 Å². The molecular formula is C6H7N5OS. The third kappa shape index (κ3) is 1.64. The third-order valence-corrected chi connectivity index (χ3v) is 2.12. The van der Waals surface area contributed by atoms with Gasteiger partial charge in [0.25, 0.3) is 0 Å². The maximum Gasteiger partial charge on any atom is 0.325 e. The Kier molecular flexibility index (Phi) is 1.93. The topological polar surface area (TPSA) is 65.6 Å². The van der Waals surface area contributed by atoms with Crippen molar-refractivity contribution in [3.8, 4) is 0 Å². The van der Waals surface area contributed by atoms with E-state index in [9.17, 15) is 4.79 Å². The monoisotopic (exact) mass is 197 g/mol. The smallest absolute Gasteiger partial charge is 0.255 e. The summed E-state index contributed by atoms with van der Waals surface area (Å²) in [5.41, 5.74) is 2.24. The van der Waals surface area contributed by atoms with Gasteiger partial charge in [0.2, 0.25) is 0 Å². The molecule has 0 saturated heterocycles. The summed E-state index contributed by atoms with van der Waals surface area (Å²) in [5, 5.41) is 11.8. The van der Waals surface area contributed by atoms with Crippen molar-refractivity contribution in [2.24, 2.45) is 7.05 Å². The van der Waals surface area contributed by atoms with Crippen molar-refractivity contribution < 1.29 is 0 Å². The van der Waals surface area contributed by atoms with Crippen molar-refractivity contribution in [2.45, 2.75) is 6.54 Å². The van der Waals surface area contributed by atoms with E-state index in [2.05, 4.69) is 15.3 Å². The molecule has 0 aromatic carbocycles. The fourth-order valence-corrected chi connectivity index (χ4v) is 1.44. The molecule has 6 nitrogen and oxygen atoms in total. The lowest BCUT2D eigenvalue weighted by atomic mass is 10.5. The maximum atomic E-state index is 11.1. The van der Waals surface area contributed by atoms with Gasteiger partial charge in [-0.15, -0.1) is 0 Å². The SMILES string of the molecule is Cn1ncc(Cn2ncsc2=O)n1. The molecule has 13 heavy (non-hydrogen) atoms. The molecule has 0 bridgehead atoms. The Hall–Kier alpha value is -1.50. The second-order valence-electron chi connectivity index (χ2n) is 2.49. The van der Waals surface area contributed by atoms with Crippen LogP contribution in [0, 0.1) is 0 Å². The zero-order valence-corrected chi connectivity index (χ0v) is 7.73. The fourth-order valence-electron chi connectivity index (χ4n) is 0.953. The molecular weight excluding hydrogens is 190 g/mol. The molecule has 0 unspecified atom stereocenters. The van der Waals surface area contributed by atoms with Crippen LogP contribution in [0.25, 0.3) is 0 Å². The molecule has 0 aliphatic rings. The Morgan fingerprint density at radius 3 is 2.92 bits per heavy atom. The predicted octanol–water partition coefficient (Wildman–Crippen LogP) is -0.518. The zero-order valence-electron chi connectivity index (χ0n) is 6.91. The summed E-state index contributed by atoms with van der Waals surface area (Å²) in [6, 6.07) is 0. The molecule has 2 heterocycles. The molecule has 0 fully saturated rings. The summed E-state index contributed by atoms with van der Waals surface area (Å²) in [4.78, 5) is 12.5. The molecule has 0 N–H and O–H groups in total. The van der Waals surface area contributed by atoms with E-state index in [0.29, 0.717) is 6.54 Å². The van der Waals surface area contributed by atoms with E-state index >= 15 is 0 Å². The largest absolute Gasteiger partial charge is 0.325 e. The first kappa shape index (κ1) is 8.11. The van der Waals surface area contributed by atoms with Crippen LogP contribution in [0.4, 0.5) is 0 Å². The highest BCUT2D eigenvalue weighted by Gasteiger charge is 2.02. The van der Waals surface area contributed by atoms with E-state index in [4.69, 9.17) is 0 Å². The van der Waals surface area contributed by atoms with E-state index < -0.39 is 0 Å². The van der Waals surface area contributed by atoms with Crippen molar-refractivity contribution in [1.82, 2.24) is 24.8 Å². The van der Waals surface area contributed by atoms with Gasteiger partial charge in [-0.3, -0.25) is 4.79 Å². The Bertz CT molecular complexity index is 455. The summed E-state index contributed by atoms with van der Waals surface area (Å²) >= 11 is 1.07. The first-order chi connectivity index (χ1) is 6.25. The number of hydrogen-bond acceptors (Lipinski definition) is 5. The Labute approximate surface area is 77.4 Å². The van der Waals surface area contributed by atoms with Crippen LogP contribution in [0.3, 0.4) is 0 Å². The van der Waals surface area contributed by atoms with E-state index in [-0.39, 0.29) is 4.87 Å². The first-order valence-corrected chi connectivity index (χ1v) is 4.49. The van der Waals surface area contributed by atoms with Gasteiger partial charge in [0.05, 0.1) is 12.7 Å². The van der Waals surface area contributed by atoms with Crippen molar-refractivity contribution in [3.63, 3.8) is 0 Å². The van der Waals surface area contributed by atoms with Gasteiger partial charge in [0.15, 0.2) is 0 Å². The average molecular weight is 197 g/mol. The van der Waals surface area contributed by atoms with Crippen LogP contribution in [-0.2, 0) is 13.6 Å². The molecule has 2 rings (SSSR count). The van der Waals surface area contributed by atoms with E-state index in [1.807, 2.05) is 0 Å². The molecule has 0 radical (unpaired) electrons. The van der Waals surface area contributed by atoms with Crippen molar-refractivity contribution in [1.29, 1.82) is 0 Å². The maximum absolute atomic E-state index is 11.1. The van der Waals surface area contributed by atoms with Gasteiger partial charge in [-0.25, -0.2) is 4.68 Å². The van der Waals surface area contributed by atoms with Gasteiger partial charge in [0, 0.05) is 7.05 Å². The number of aromatic nitrogens is 5. The lowest BCUT2D eigenvalue weighted by Crippen LogP contribution is -2.15. The first-order valence-electron chi connectivity index (χ1n) is 3.61. The average Bonchev–Trinajstić information content (AvgIpc) is 2.64. The molecule has 0 atom stereocenters. The van der Waals surface area contributed by atoms with Gasteiger partial charge in [-0.2, -0.15) is 20.1 Å². The van der Waals surface area contributed by atoms with Gasteiger partial charge >= 0.3 is 4.87 Å². The number of nitrogens with zero attached hydrogens (tertiary/aromatic N) is 5. The summed E-state index contributed by atoms with van der Waals surface area (Å²) < 4.78 is 1.36. The lowest BCUT2D eigenvalue weighted by molar-refractivity contribution is 0.613. The van der Waals surface area contributed by atoms with Gasteiger partial charge in [0.1, 0.15) is 11.2 Å². The highest BCUT2D eigenvalue weighted by Crippen LogP contribution is 1.93. The van der Waals surface area contributed by atoms with Crippen LogP contribution in [-0.4, -0.2) is 24.8 Å². The fraction of sp³-hybridized carbons (Fsp3) is 0.333. The van der Waals surface area contributed by atoms with Crippen molar-refractivity contribution in [2.75, 3.05) is 0 Å². The van der Waals surface area contributed by atoms with Crippen LogP contribution in [0.2, 0.25) is 0 Å². The van der Waals surface area contributed by atoms with Crippen LogP contribution in [0.5, 0.6) is 0 Å². The number of aryl methyl sites for hydroxylation is 1. The minimum atomic E-state index is -0.0781. The van der Waals surface area contributed by atoms with Crippen LogP contribution >= 0.6 is 11.3 Å². The van der Waals surface area contributed by atoms with Crippen LogP contribution in [0.15, 0.2) is 16.5 Å². The van der Waals surface area contributed by atoms with E-state index in [1.165, 1.54) is 15.0 Å². The second-order valence-corrected chi connectivity index (χ2v) is 3.28. The predicted molar refractivity (Wildman–Crippen MR) is 46.5 cm³/mol. The molecule has 7 heteroatoms. The van der Waals surface area contributed by atoms with E-state index in [0.717, 1.165) is 17.0 Å². The molecule has 68 valence electrons. The molecule has 0 aliphatic carbocycles. The Morgan fingerprint density at radius 1 is 1.54 bits per heavy atom. The summed E-state index contributed by atoms with van der Waals surface area (Å²) in [6.45, 7) is 0.385. The van der Waals surface area contributed by atoms with Gasteiger partial charge in [-0.05, 0) is 0 Å². The number of rotatable bonds is 2. The van der Waals surface area contributed by atoms with Crippen molar-refractivity contribution in [3.05, 3.63) is 27.1 Å². The summed E-state index contributed by atoms with van der Waals surface area (Å²) in [5.74, 6) is 0. The van der Waals surface area contributed by atoms with Crippen LogP contribution in [0.1, 0.15) is 5.69 Å². The molecule has 0 amide bonds. The summed E-state index contributed by atoms with van der Waals surface area (Å²) in [6.07, 6.45) is 1.62. The quantitative estimate of drug-likeness (QED) is 0.650. The van der Waals surface area contributed by atoms with Gasteiger partial charge < -0.3 is 0 Å². The summed E-state index contributed by atoms with van der Waals surface area (Å²) in [7, 11) is 1.73. The highest BCUT2D eigenvalue weighted by molar-refractivity contribution is 7.06. The molecule has 0 aliphatic heterocycles. The minimum Gasteiger partial charge on any atom is -0.255 e. The Balaban J connectivity index is 2.24.